The molecule has 6 aliphatic heterocycles. The van der Waals surface area contributed by atoms with Gasteiger partial charge in [0.25, 0.3) is 0 Å². The maximum Gasteiger partial charge on any atom is 0.353 e. The number of aliphatic hydroxyl groups is 23. The van der Waals surface area contributed by atoms with E-state index in [0.717, 1.165) is 12.8 Å². The Bertz CT molecular complexity index is 2590. The number of rotatable bonds is 32. The molecule has 24 N–H and O–H groups in total. The molecule has 1 saturated carbocycles. The van der Waals surface area contributed by atoms with Gasteiger partial charge in [-0.2, -0.15) is 12.6 Å². The lowest BCUT2D eigenvalue weighted by Gasteiger charge is -2.54. The van der Waals surface area contributed by atoms with Gasteiger partial charge < -0.3 is 188 Å². The van der Waals surface area contributed by atoms with E-state index in [-0.39, 0.29) is 6.61 Å². The van der Waals surface area contributed by atoms with Gasteiger partial charge in [-0.1, -0.05) is 12.8 Å². The van der Waals surface area contributed by atoms with Crippen molar-refractivity contribution in [2.24, 2.45) is 0 Å². The van der Waals surface area contributed by atoms with Crippen LogP contribution < -0.4 is 0 Å². The van der Waals surface area contributed by atoms with E-state index in [1.165, 1.54) is 55.4 Å². The van der Waals surface area contributed by atoms with E-state index in [2.05, 4.69) is 12.6 Å². The van der Waals surface area contributed by atoms with Gasteiger partial charge in [-0.3, -0.25) is 4.57 Å². The summed E-state index contributed by atoms with van der Waals surface area (Å²) in [6.07, 6.45) is -67.3. The SMILES string of the molecule is CC(C)(OC1[C@@H](O)[C@H](O)C(CO)O[C@@H]1C(C)(C)OC1[C@@H](O)[C@H](O)C(CO)O[C@@H]1C(C)(C)OCC1O[C@H](OCC2O[C@H](OC3C(O)[C@H](O)C(O)[C@H](OC(C)(C)[C@H]4OC(CO)[C@@H](O)[C@H](O)C4O)[C@H]3OCP(=O)(O)OCCCCCCS)C(O)[C@@H](O)[C@@H]2O)C(O)[C@@H](O)[C@@H]1O)[C@H]1OC(CO)[C@@H](O)[C@H](O)C1O. The zero-order valence-electron chi connectivity index (χ0n) is 57.7. The third-order valence-corrected chi connectivity index (χ3v) is 21.4. The van der Waals surface area contributed by atoms with Crippen LogP contribution in [0.25, 0.3) is 0 Å². The van der Waals surface area contributed by atoms with E-state index >= 15 is 0 Å². The predicted molar refractivity (Wildman–Crippen MR) is 340 cm³/mol. The zero-order valence-corrected chi connectivity index (χ0v) is 59.5. The van der Waals surface area contributed by atoms with Crippen molar-refractivity contribution in [1.29, 1.82) is 0 Å². The van der Waals surface area contributed by atoms with E-state index < -0.39 is 296 Å². The number of aliphatic hydroxyl groups excluding tert-OH is 23. The van der Waals surface area contributed by atoms with Crippen LogP contribution in [0, 0.1) is 0 Å². The van der Waals surface area contributed by atoms with E-state index in [1.807, 2.05) is 0 Å². The van der Waals surface area contributed by atoms with Gasteiger partial charge in [0.15, 0.2) is 12.6 Å². The van der Waals surface area contributed by atoms with E-state index in [0.29, 0.717) is 18.6 Å². The molecule has 0 amide bonds. The van der Waals surface area contributed by atoms with Crippen molar-refractivity contribution in [1.82, 2.24) is 0 Å². The summed E-state index contributed by atoms with van der Waals surface area (Å²) in [4.78, 5) is 11.0. The highest BCUT2D eigenvalue weighted by Gasteiger charge is 2.62. The number of thiol groups is 1. The second kappa shape index (κ2) is 36.5. The van der Waals surface area contributed by atoms with Crippen molar-refractivity contribution in [3.63, 3.8) is 0 Å². The van der Waals surface area contributed by atoms with Crippen molar-refractivity contribution in [2.75, 3.05) is 58.3 Å². The Kier molecular flexibility index (Phi) is 31.6. The third kappa shape index (κ3) is 19.7. The fraction of sp³-hybridized carbons (Fsp3) is 1.00. The smallest absolute Gasteiger partial charge is 0.353 e. The van der Waals surface area contributed by atoms with Gasteiger partial charge in [0.1, 0.15) is 214 Å². The van der Waals surface area contributed by atoms with Gasteiger partial charge in [-0.05, 0) is 74.0 Å². The van der Waals surface area contributed by atoms with Crippen LogP contribution in [0.5, 0.6) is 0 Å². The molecule has 0 aromatic rings. The molecule has 37 atom stereocenters. The van der Waals surface area contributed by atoms with Gasteiger partial charge >= 0.3 is 7.60 Å². The van der Waals surface area contributed by atoms with E-state index in [4.69, 9.17) is 66.1 Å². The number of unbranched alkanes of at least 4 members (excludes halogenated alkanes) is 3. The minimum atomic E-state index is -4.78. The molecule has 16 unspecified atom stereocenters. The fourth-order valence-corrected chi connectivity index (χ4v) is 15.0. The van der Waals surface area contributed by atoms with Gasteiger partial charge in [-0.25, -0.2) is 0 Å². The lowest BCUT2D eigenvalue weighted by atomic mass is 9.82. The van der Waals surface area contributed by atoms with Gasteiger partial charge in [-0.15, -0.1) is 0 Å². The highest BCUT2D eigenvalue weighted by atomic mass is 32.1. The molecule has 102 heavy (non-hydrogen) atoms. The van der Waals surface area contributed by atoms with Crippen LogP contribution in [0.1, 0.15) is 81.1 Å². The Morgan fingerprint density at radius 3 is 1.15 bits per heavy atom. The number of ether oxygens (including phenoxy) is 13. The Morgan fingerprint density at radius 1 is 0.343 bits per heavy atom. The van der Waals surface area contributed by atoms with Crippen LogP contribution in [-0.4, -0.2) is 423 Å². The monoisotopic (exact) mass is 1530 g/mol. The van der Waals surface area contributed by atoms with Crippen LogP contribution in [0.3, 0.4) is 0 Å². The molecule has 39 nitrogen and oxygen atoms in total. The molecule has 0 spiro atoms. The summed E-state index contributed by atoms with van der Waals surface area (Å²) < 4.78 is 97.5. The second-order valence-electron chi connectivity index (χ2n) is 29.3. The van der Waals surface area contributed by atoms with Crippen molar-refractivity contribution in [2.45, 2.75) is 324 Å². The van der Waals surface area contributed by atoms with E-state index in [1.54, 1.807) is 0 Å². The van der Waals surface area contributed by atoms with Crippen LogP contribution in [0.15, 0.2) is 0 Å². The van der Waals surface area contributed by atoms with Gasteiger partial charge in [0.05, 0.1) is 68.7 Å². The Labute approximate surface area is 593 Å². The predicted octanol–water partition coefficient (Wildman–Crippen LogP) is -10.9. The zero-order chi connectivity index (χ0) is 76.4. The number of hydrogen-bond donors (Lipinski definition) is 25. The van der Waals surface area contributed by atoms with Crippen LogP contribution in [0.4, 0.5) is 0 Å². The molecular weight excluding hydrogens is 1420 g/mol. The molecule has 1 aliphatic carbocycles. The van der Waals surface area contributed by atoms with Crippen molar-refractivity contribution in [3.8, 4) is 0 Å². The molecule has 41 heteroatoms. The van der Waals surface area contributed by atoms with E-state index in [9.17, 15) is 127 Å². The first-order valence-corrected chi connectivity index (χ1v) is 36.3. The standard InChI is InChI=1S/C61H111O39PS/c1-58(2,54-49(39(77)30(68)24(17-64)93-54)100-61(7,8)55-50(40(78)31(69)25(18-65)94-55)99-60(5,6)53-44(82)35(73)29(67)23(16-63)92-53)89-20-27-33(71)36(74)45(83)56(95-27)87-19-26-32(70)37(75)46(84)57(96-26)97-47-41(79)38(76)42(80)48(51(47)88-21-101(85,86)90-13-11-9-10-12-14-102)98-59(3,4)52-43(81)34(72)28(66)22(15-62)91-52/h22-57,62-84,102H,9-21H2,1-8H3,(H,85,86)/t22?,23?,24?,25?,26?,27?,28-,29-,30-,31-,32-,33-,34+,35+,36+,37+,38+,39+,40+,41?,42?,43?,44?,45?,46?,47?,48+,49?,50?,51+,52+,53+,54+,55+,56+,57-/m1/s1. The van der Waals surface area contributed by atoms with Crippen molar-refractivity contribution in [3.05, 3.63) is 0 Å². The Morgan fingerprint density at radius 2 is 0.686 bits per heavy atom. The third-order valence-electron chi connectivity index (χ3n) is 20.0. The summed E-state index contributed by atoms with van der Waals surface area (Å²) in [5.41, 5.74) is -7.50. The quantitative estimate of drug-likeness (QED) is 0.0169. The molecule has 0 bridgehead atoms. The molecule has 600 valence electrons. The number of hydrogen-bond acceptors (Lipinski definition) is 39. The summed E-state index contributed by atoms with van der Waals surface area (Å²) in [6, 6.07) is 0. The molecule has 0 radical (unpaired) electrons. The van der Waals surface area contributed by atoms with Gasteiger partial charge in [0.2, 0.25) is 0 Å². The average molecular weight is 1530 g/mol. The molecule has 6 heterocycles. The van der Waals surface area contributed by atoms with Crippen molar-refractivity contribution >= 4 is 20.2 Å². The fourth-order valence-electron chi connectivity index (χ4n) is 13.9. The largest absolute Gasteiger partial charge is 0.394 e. The summed E-state index contributed by atoms with van der Waals surface area (Å²) in [7, 11) is -4.78. The first kappa shape index (κ1) is 88.3. The minimum absolute atomic E-state index is 0.239. The summed E-state index contributed by atoms with van der Waals surface area (Å²) in [6.45, 7) is 5.25. The molecule has 7 rings (SSSR count). The van der Waals surface area contributed by atoms with Gasteiger partial charge in [0, 0.05) is 0 Å². The maximum absolute atomic E-state index is 13.5. The van der Waals surface area contributed by atoms with Crippen molar-refractivity contribution < 1.29 is 193 Å². The normalized spacial score (nSPS) is 45.8. The summed E-state index contributed by atoms with van der Waals surface area (Å²) in [5.74, 6) is 0.603. The lowest BCUT2D eigenvalue weighted by Crippen LogP contribution is -2.71. The lowest BCUT2D eigenvalue weighted by molar-refractivity contribution is -0.360. The molecular formula is C61H111O39PS. The molecule has 6 saturated heterocycles. The summed E-state index contributed by atoms with van der Waals surface area (Å²) in [5, 5.41) is 254. The highest BCUT2D eigenvalue weighted by Crippen LogP contribution is 2.46. The molecule has 7 fully saturated rings. The molecule has 0 aromatic carbocycles. The Hall–Kier alpha value is -0.940. The molecule has 7 aliphatic rings. The second-order valence-corrected chi connectivity index (χ2v) is 31.5. The van der Waals surface area contributed by atoms with Crippen LogP contribution >= 0.6 is 20.2 Å². The minimum Gasteiger partial charge on any atom is -0.394 e. The van der Waals surface area contributed by atoms with Crippen LogP contribution in [0.2, 0.25) is 0 Å². The Balaban J connectivity index is 1.08. The topological polar surface area (TPSA) is 632 Å². The summed E-state index contributed by atoms with van der Waals surface area (Å²) >= 11 is 4.17. The van der Waals surface area contributed by atoms with Crippen LogP contribution in [-0.2, 0) is 70.7 Å². The average Bonchev–Trinajstić information content (AvgIpc) is 0.759. The first-order chi connectivity index (χ1) is 47.5. The molecule has 0 aromatic heterocycles. The maximum atomic E-state index is 13.5. The highest BCUT2D eigenvalue weighted by molar-refractivity contribution is 7.80. The first-order valence-electron chi connectivity index (χ1n) is 33.9.